The number of aliphatic hydroxyl groups excluding tert-OH is 1. The Morgan fingerprint density at radius 3 is 3.08 bits per heavy atom. The molecule has 3 aliphatic rings. The predicted molar refractivity (Wildman–Crippen MR) is 52.2 cm³/mol. The minimum Gasteiger partial charge on any atom is -0.393 e. The highest BCUT2D eigenvalue weighted by Crippen LogP contribution is 2.64. The van der Waals surface area contributed by atoms with E-state index in [1.54, 1.807) is 5.57 Å². The minimum absolute atomic E-state index is 0.0269. The van der Waals surface area contributed by atoms with Gasteiger partial charge in [0.05, 0.1) is 6.10 Å². The molecular formula is C12H18O. The summed E-state index contributed by atoms with van der Waals surface area (Å²) in [6, 6.07) is 0. The summed E-state index contributed by atoms with van der Waals surface area (Å²) in [6.45, 7) is 4.53. The monoisotopic (exact) mass is 178 g/mol. The van der Waals surface area contributed by atoms with Gasteiger partial charge in [-0.15, -0.1) is 0 Å². The summed E-state index contributed by atoms with van der Waals surface area (Å²) in [5.74, 6) is 2.40. The van der Waals surface area contributed by atoms with E-state index in [9.17, 15) is 5.11 Å². The highest BCUT2D eigenvalue weighted by molar-refractivity contribution is 5.23. The third-order valence-electron chi connectivity index (χ3n) is 4.84. The fourth-order valence-corrected chi connectivity index (χ4v) is 4.16. The van der Waals surface area contributed by atoms with E-state index in [1.807, 2.05) is 0 Å². The van der Waals surface area contributed by atoms with Crippen LogP contribution in [0.25, 0.3) is 0 Å². The van der Waals surface area contributed by atoms with Crippen LogP contribution < -0.4 is 0 Å². The Bertz CT molecular complexity index is 281. The number of hydrogen-bond acceptors (Lipinski definition) is 1. The van der Waals surface area contributed by atoms with Crippen LogP contribution >= 0.6 is 0 Å². The molecule has 0 aromatic rings. The summed E-state index contributed by atoms with van der Waals surface area (Å²) < 4.78 is 0. The third-order valence-corrected chi connectivity index (χ3v) is 4.84. The molecule has 1 nitrogen and oxygen atoms in total. The summed E-state index contributed by atoms with van der Waals surface area (Å²) in [5, 5.41) is 9.98. The Morgan fingerprint density at radius 2 is 2.31 bits per heavy atom. The summed E-state index contributed by atoms with van der Waals surface area (Å²) in [6.07, 6.45) is 6.05. The van der Waals surface area contributed by atoms with E-state index < -0.39 is 0 Å². The van der Waals surface area contributed by atoms with Crippen LogP contribution in [0.3, 0.4) is 0 Å². The number of hydrogen-bond donors (Lipinski definition) is 1. The molecule has 72 valence electrons. The molecule has 2 bridgehead atoms. The zero-order valence-corrected chi connectivity index (χ0v) is 8.46. The molecule has 2 fully saturated rings. The van der Waals surface area contributed by atoms with E-state index in [4.69, 9.17) is 0 Å². The number of rotatable bonds is 0. The molecule has 2 saturated carbocycles. The van der Waals surface area contributed by atoms with E-state index in [0.29, 0.717) is 5.92 Å². The highest BCUT2D eigenvalue weighted by atomic mass is 16.3. The standard InChI is InChI=1S/C12H18O/c1-7-3-9-8-5-11(13)12(2,6-8)10(9)4-7/h4,8-11,13H,3,5-6H2,1-2H3. The average molecular weight is 178 g/mol. The average Bonchev–Trinajstić information content (AvgIpc) is 2.60. The Kier molecular flexibility index (Phi) is 1.36. The van der Waals surface area contributed by atoms with Gasteiger partial charge in [0.15, 0.2) is 0 Å². The smallest absolute Gasteiger partial charge is 0.0602 e. The van der Waals surface area contributed by atoms with Gasteiger partial charge in [0, 0.05) is 5.41 Å². The maximum absolute atomic E-state index is 9.98. The lowest BCUT2D eigenvalue weighted by atomic mass is 9.71. The van der Waals surface area contributed by atoms with Gasteiger partial charge in [0.25, 0.3) is 0 Å². The third kappa shape index (κ3) is 0.817. The van der Waals surface area contributed by atoms with Crippen LogP contribution in [0, 0.1) is 23.2 Å². The second kappa shape index (κ2) is 2.20. The lowest BCUT2D eigenvalue weighted by Crippen LogP contribution is -2.36. The molecule has 0 aromatic carbocycles. The Balaban J connectivity index is 2.01. The van der Waals surface area contributed by atoms with Crippen LogP contribution in [0.4, 0.5) is 0 Å². The Morgan fingerprint density at radius 1 is 1.54 bits per heavy atom. The number of fused-ring (bicyclic) bond motifs is 5. The van der Waals surface area contributed by atoms with E-state index in [2.05, 4.69) is 19.9 Å². The topological polar surface area (TPSA) is 20.2 Å². The fourth-order valence-electron chi connectivity index (χ4n) is 4.16. The summed E-state index contributed by atoms with van der Waals surface area (Å²) in [4.78, 5) is 0. The van der Waals surface area contributed by atoms with Gasteiger partial charge in [-0.2, -0.15) is 0 Å². The maximum atomic E-state index is 9.98. The molecule has 0 spiro atoms. The quantitative estimate of drug-likeness (QED) is 0.565. The van der Waals surface area contributed by atoms with Crippen LogP contribution in [-0.2, 0) is 0 Å². The summed E-state index contributed by atoms with van der Waals surface area (Å²) in [7, 11) is 0. The van der Waals surface area contributed by atoms with Crippen LogP contribution in [0.2, 0.25) is 0 Å². The zero-order chi connectivity index (χ0) is 9.22. The lowest BCUT2D eigenvalue weighted by molar-refractivity contribution is 0.0125. The molecule has 5 atom stereocenters. The molecule has 3 aliphatic carbocycles. The molecule has 0 amide bonds. The van der Waals surface area contributed by atoms with Gasteiger partial charge in [0.1, 0.15) is 0 Å². The van der Waals surface area contributed by atoms with Gasteiger partial charge in [-0.1, -0.05) is 18.6 Å². The van der Waals surface area contributed by atoms with Crippen LogP contribution in [0.5, 0.6) is 0 Å². The van der Waals surface area contributed by atoms with Gasteiger partial charge in [-0.3, -0.25) is 0 Å². The molecular weight excluding hydrogens is 160 g/mol. The summed E-state index contributed by atoms with van der Waals surface area (Å²) in [5.41, 5.74) is 1.78. The molecule has 13 heavy (non-hydrogen) atoms. The molecule has 0 radical (unpaired) electrons. The van der Waals surface area contributed by atoms with Crippen molar-refractivity contribution in [2.24, 2.45) is 23.2 Å². The number of allylic oxidation sites excluding steroid dienone is 2. The molecule has 1 N–H and O–H groups in total. The highest BCUT2D eigenvalue weighted by Gasteiger charge is 2.60. The van der Waals surface area contributed by atoms with Crippen LogP contribution in [0.15, 0.2) is 11.6 Å². The van der Waals surface area contributed by atoms with Crippen molar-refractivity contribution in [3.8, 4) is 0 Å². The van der Waals surface area contributed by atoms with E-state index in [0.717, 1.165) is 18.3 Å². The normalized spacial score (nSPS) is 58.2. The Hall–Kier alpha value is -0.300. The second-order valence-electron chi connectivity index (χ2n) is 5.63. The summed E-state index contributed by atoms with van der Waals surface area (Å²) >= 11 is 0. The van der Waals surface area contributed by atoms with Crippen molar-refractivity contribution in [2.75, 3.05) is 0 Å². The molecule has 3 rings (SSSR count). The molecule has 1 heteroatoms. The van der Waals surface area contributed by atoms with Gasteiger partial charge >= 0.3 is 0 Å². The zero-order valence-electron chi connectivity index (χ0n) is 8.46. The number of aliphatic hydroxyl groups is 1. The predicted octanol–water partition coefficient (Wildman–Crippen LogP) is 2.36. The molecule has 5 unspecified atom stereocenters. The lowest BCUT2D eigenvalue weighted by Gasteiger charge is -2.36. The van der Waals surface area contributed by atoms with Gasteiger partial charge in [-0.05, 0) is 43.9 Å². The molecule has 0 heterocycles. The minimum atomic E-state index is -0.0269. The molecule has 0 aliphatic heterocycles. The first kappa shape index (κ1) is 8.05. The molecule has 0 aromatic heterocycles. The van der Waals surface area contributed by atoms with Crippen LogP contribution in [-0.4, -0.2) is 11.2 Å². The SMILES string of the molecule is CC1=CC2C(C1)C1CC(O)C2(C)C1. The Labute approximate surface area is 79.8 Å². The first-order valence-corrected chi connectivity index (χ1v) is 5.46. The van der Waals surface area contributed by atoms with Crippen molar-refractivity contribution in [2.45, 2.75) is 39.2 Å². The van der Waals surface area contributed by atoms with Crippen molar-refractivity contribution < 1.29 is 5.11 Å². The second-order valence-corrected chi connectivity index (χ2v) is 5.63. The van der Waals surface area contributed by atoms with E-state index >= 15 is 0 Å². The fraction of sp³-hybridized carbons (Fsp3) is 0.833. The first-order chi connectivity index (χ1) is 6.11. The maximum Gasteiger partial charge on any atom is 0.0602 e. The largest absolute Gasteiger partial charge is 0.393 e. The van der Waals surface area contributed by atoms with Crippen LogP contribution in [0.1, 0.15) is 33.1 Å². The first-order valence-electron chi connectivity index (χ1n) is 5.46. The van der Waals surface area contributed by atoms with Gasteiger partial charge in [0.2, 0.25) is 0 Å². The van der Waals surface area contributed by atoms with Gasteiger partial charge in [-0.25, -0.2) is 0 Å². The van der Waals surface area contributed by atoms with Crippen molar-refractivity contribution >= 4 is 0 Å². The molecule has 0 saturated heterocycles. The van der Waals surface area contributed by atoms with E-state index in [-0.39, 0.29) is 11.5 Å². The van der Waals surface area contributed by atoms with Gasteiger partial charge < -0.3 is 5.11 Å². The van der Waals surface area contributed by atoms with Crippen molar-refractivity contribution in [3.05, 3.63) is 11.6 Å². The van der Waals surface area contributed by atoms with Crippen molar-refractivity contribution in [3.63, 3.8) is 0 Å². The van der Waals surface area contributed by atoms with Crippen molar-refractivity contribution in [1.82, 2.24) is 0 Å². The van der Waals surface area contributed by atoms with E-state index in [1.165, 1.54) is 12.8 Å². The van der Waals surface area contributed by atoms with Crippen molar-refractivity contribution in [1.29, 1.82) is 0 Å².